The van der Waals surface area contributed by atoms with Crippen LogP contribution in [0.4, 0.5) is 0 Å². The third kappa shape index (κ3) is 3.92. The molecule has 1 aromatic rings. The lowest BCUT2D eigenvalue weighted by atomic mass is 9.76. The second kappa shape index (κ2) is 7.92. The molecule has 5 nitrogen and oxygen atoms in total. The fourth-order valence-corrected chi connectivity index (χ4v) is 5.79. The second-order valence-electron chi connectivity index (χ2n) is 8.10. The number of carbonyl (C=O) groups excluding carboxylic acids is 1. The lowest BCUT2D eigenvalue weighted by Crippen LogP contribution is -2.52. The molecule has 150 valence electrons. The van der Waals surface area contributed by atoms with Crippen LogP contribution in [0.15, 0.2) is 24.3 Å². The van der Waals surface area contributed by atoms with E-state index in [1.165, 1.54) is 9.87 Å². The molecule has 1 heterocycles. The third-order valence-electron chi connectivity index (χ3n) is 6.51. The standard InChI is InChI=1S/C21H32N2O3S/c1-4-27(25,26)22(3)19-10-14-23(15-11-19)20(24)21(12-5-6-13-21)18-9-7-8-17(2)16-18/h7-9,16,19H,4-6,10-15H2,1-3H3. The van der Waals surface area contributed by atoms with Crippen molar-refractivity contribution in [3.8, 4) is 0 Å². The Morgan fingerprint density at radius 1 is 1.22 bits per heavy atom. The monoisotopic (exact) mass is 392 g/mol. The van der Waals surface area contributed by atoms with Crippen LogP contribution in [0.1, 0.15) is 56.6 Å². The molecule has 6 heteroatoms. The minimum atomic E-state index is -3.18. The molecule has 0 spiro atoms. The van der Waals surface area contributed by atoms with Crippen molar-refractivity contribution in [1.29, 1.82) is 0 Å². The summed E-state index contributed by atoms with van der Waals surface area (Å²) in [6.45, 7) is 5.03. The Balaban J connectivity index is 1.74. The summed E-state index contributed by atoms with van der Waals surface area (Å²) in [4.78, 5) is 15.5. The molecule has 1 aliphatic heterocycles. The maximum atomic E-state index is 13.6. The second-order valence-corrected chi connectivity index (χ2v) is 10.4. The summed E-state index contributed by atoms with van der Waals surface area (Å²) < 4.78 is 25.8. The lowest BCUT2D eigenvalue weighted by molar-refractivity contribution is -0.138. The van der Waals surface area contributed by atoms with Crippen molar-refractivity contribution < 1.29 is 13.2 Å². The maximum absolute atomic E-state index is 13.6. The van der Waals surface area contributed by atoms with Crippen molar-refractivity contribution in [2.45, 2.75) is 63.8 Å². The zero-order valence-electron chi connectivity index (χ0n) is 16.8. The maximum Gasteiger partial charge on any atom is 0.233 e. The highest BCUT2D eigenvalue weighted by Crippen LogP contribution is 2.43. The van der Waals surface area contributed by atoms with E-state index in [1.807, 2.05) is 4.90 Å². The lowest BCUT2D eigenvalue weighted by Gasteiger charge is -2.40. The van der Waals surface area contributed by atoms with Gasteiger partial charge in [0.2, 0.25) is 15.9 Å². The van der Waals surface area contributed by atoms with E-state index in [2.05, 4.69) is 31.2 Å². The Bertz CT molecular complexity index is 776. The SMILES string of the molecule is CCS(=O)(=O)N(C)C1CCN(C(=O)C2(c3cccc(C)c3)CCCC2)CC1. The fraction of sp³-hybridized carbons (Fsp3) is 0.667. The van der Waals surface area contributed by atoms with Gasteiger partial charge >= 0.3 is 0 Å². The van der Waals surface area contributed by atoms with Gasteiger partial charge in [0.05, 0.1) is 11.2 Å². The van der Waals surface area contributed by atoms with Crippen molar-refractivity contribution >= 4 is 15.9 Å². The summed E-state index contributed by atoms with van der Waals surface area (Å²) >= 11 is 0. The summed E-state index contributed by atoms with van der Waals surface area (Å²) in [5.74, 6) is 0.365. The van der Waals surface area contributed by atoms with E-state index in [0.717, 1.165) is 31.2 Å². The van der Waals surface area contributed by atoms with Gasteiger partial charge < -0.3 is 4.90 Å². The molecule has 3 rings (SSSR count). The number of hydrogen-bond acceptors (Lipinski definition) is 3. The van der Waals surface area contributed by atoms with Gasteiger partial charge in [0, 0.05) is 26.2 Å². The van der Waals surface area contributed by atoms with Gasteiger partial charge in [-0.1, -0.05) is 42.7 Å². The van der Waals surface area contributed by atoms with Crippen LogP contribution in [0.25, 0.3) is 0 Å². The molecule has 0 radical (unpaired) electrons. The van der Waals surface area contributed by atoms with Gasteiger partial charge in [-0.15, -0.1) is 0 Å². The van der Waals surface area contributed by atoms with Gasteiger partial charge in [0.15, 0.2) is 0 Å². The summed E-state index contributed by atoms with van der Waals surface area (Å²) in [6.07, 6.45) is 5.44. The number of sulfonamides is 1. The number of benzene rings is 1. The number of piperidine rings is 1. The predicted octanol–water partition coefficient (Wildman–Crippen LogP) is 3.08. The van der Waals surface area contributed by atoms with Crippen LogP contribution in [0.5, 0.6) is 0 Å². The number of hydrogen-bond donors (Lipinski definition) is 0. The molecular weight excluding hydrogens is 360 g/mol. The van der Waals surface area contributed by atoms with E-state index in [9.17, 15) is 13.2 Å². The van der Waals surface area contributed by atoms with Crippen LogP contribution in [0.3, 0.4) is 0 Å². The van der Waals surface area contributed by atoms with Crippen LogP contribution in [-0.2, 0) is 20.2 Å². The van der Waals surface area contributed by atoms with Gasteiger partial charge in [-0.2, -0.15) is 0 Å². The molecule has 2 fully saturated rings. The first-order valence-corrected chi connectivity index (χ1v) is 11.7. The smallest absolute Gasteiger partial charge is 0.233 e. The highest BCUT2D eigenvalue weighted by atomic mass is 32.2. The minimum absolute atomic E-state index is 0.00232. The van der Waals surface area contributed by atoms with Gasteiger partial charge in [-0.25, -0.2) is 12.7 Å². The van der Waals surface area contributed by atoms with Crippen LogP contribution in [0, 0.1) is 6.92 Å². The Morgan fingerprint density at radius 2 is 1.85 bits per heavy atom. The van der Waals surface area contributed by atoms with Gasteiger partial charge in [0.25, 0.3) is 0 Å². The molecule has 0 atom stereocenters. The number of aryl methyl sites for hydroxylation is 1. The summed E-state index contributed by atoms with van der Waals surface area (Å²) in [5.41, 5.74) is 1.95. The minimum Gasteiger partial charge on any atom is -0.342 e. The normalized spacial score (nSPS) is 21.0. The summed E-state index contributed by atoms with van der Waals surface area (Å²) in [7, 11) is -1.51. The van der Waals surface area contributed by atoms with Crippen LogP contribution < -0.4 is 0 Å². The first-order valence-electron chi connectivity index (χ1n) is 10.1. The average molecular weight is 393 g/mol. The van der Waals surface area contributed by atoms with Crippen molar-refractivity contribution in [2.75, 3.05) is 25.9 Å². The first kappa shape index (κ1) is 20.3. The third-order valence-corrected chi connectivity index (χ3v) is 8.41. The molecule has 1 aliphatic carbocycles. The van der Waals surface area contributed by atoms with Gasteiger partial charge in [0.1, 0.15) is 0 Å². The van der Waals surface area contributed by atoms with Crippen LogP contribution in [0.2, 0.25) is 0 Å². The Labute approximate surface area is 163 Å². The van der Waals surface area contributed by atoms with E-state index in [-0.39, 0.29) is 23.1 Å². The molecule has 0 bridgehead atoms. The van der Waals surface area contributed by atoms with Crippen molar-refractivity contribution in [3.05, 3.63) is 35.4 Å². The molecular formula is C21H32N2O3S. The number of carbonyl (C=O) groups is 1. The molecule has 1 saturated carbocycles. The molecule has 1 saturated heterocycles. The molecule has 0 unspecified atom stereocenters. The molecule has 27 heavy (non-hydrogen) atoms. The molecule has 0 N–H and O–H groups in total. The van der Waals surface area contributed by atoms with Crippen molar-refractivity contribution in [3.63, 3.8) is 0 Å². The number of nitrogens with zero attached hydrogens (tertiary/aromatic N) is 2. The van der Waals surface area contributed by atoms with E-state index < -0.39 is 10.0 Å². The van der Waals surface area contributed by atoms with E-state index in [0.29, 0.717) is 25.9 Å². The number of rotatable bonds is 5. The molecule has 0 aromatic heterocycles. The largest absolute Gasteiger partial charge is 0.342 e. The zero-order chi connectivity index (χ0) is 19.7. The summed E-state index contributed by atoms with van der Waals surface area (Å²) in [6, 6.07) is 8.39. The Morgan fingerprint density at radius 3 is 2.41 bits per heavy atom. The number of amides is 1. The molecule has 2 aliphatic rings. The first-order chi connectivity index (χ1) is 12.8. The van der Waals surface area contributed by atoms with Gasteiger partial charge in [-0.05, 0) is 45.1 Å². The quantitative estimate of drug-likeness (QED) is 0.774. The Hall–Kier alpha value is -1.40. The topological polar surface area (TPSA) is 57.7 Å². The van der Waals surface area contributed by atoms with Crippen LogP contribution in [-0.4, -0.2) is 55.5 Å². The van der Waals surface area contributed by atoms with Crippen LogP contribution >= 0.6 is 0 Å². The zero-order valence-corrected chi connectivity index (χ0v) is 17.6. The van der Waals surface area contributed by atoms with E-state index >= 15 is 0 Å². The van der Waals surface area contributed by atoms with Gasteiger partial charge in [-0.3, -0.25) is 4.79 Å². The van der Waals surface area contributed by atoms with Crippen molar-refractivity contribution in [1.82, 2.24) is 9.21 Å². The predicted molar refractivity (Wildman–Crippen MR) is 108 cm³/mol. The fourth-order valence-electron chi connectivity index (χ4n) is 4.71. The molecule has 1 aromatic carbocycles. The summed E-state index contributed by atoms with van der Waals surface area (Å²) in [5, 5.41) is 0. The Kier molecular flexibility index (Phi) is 5.96. The van der Waals surface area contributed by atoms with E-state index in [4.69, 9.17) is 0 Å². The highest BCUT2D eigenvalue weighted by molar-refractivity contribution is 7.89. The van der Waals surface area contributed by atoms with E-state index in [1.54, 1.807) is 14.0 Å². The number of likely N-dealkylation sites (tertiary alicyclic amines) is 1. The average Bonchev–Trinajstić information content (AvgIpc) is 3.18. The highest BCUT2D eigenvalue weighted by Gasteiger charge is 2.45. The van der Waals surface area contributed by atoms with Crippen molar-refractivity contribution in [2.24, 2.45) is 0 Å². The molecule has 1 amide bonds.